The number of aliphatic hydroxyl groups is 1. The predicted molar refractivity (Wildman–Crippen MR) is 142 cm³/mol. The van der Waals surface area contributed by atoms with Gasteiger partial charge in [0.2, 0.25) is 15.9 Å². The van der Waals surface area contributed by atoms with Gasteiger partial charge in [-0.1, -0.05) is 30.7 Å². The van der Waals surface area contributed by atoms with Gasteiger partial charge in [-0.15, -0.1) is 11.3 Å². The third kappa shape index (κ3) is 4.78. The van der Waals surface area contributed by atoms with Crippen LogP contribution in [0.5, 0.6) is 0 Å². The number of hydrogen-bond donors (Lipinski definition) is 1. The number of thiazole rings is 1. The maximum absolute atomic E-state index is 13.6. The van der Waals surface area contributed by atoms with Crippen LogP contribution < -0.4 is 0 Å². The SMILES string of the molecule is Cc1ncsc1-c1ccc([C@]2(C)CC(C3C[C@@H](O)CN3C(=O)[C@@H]3CCCCN3S(C)(=O)=O)=NC2=O)cc1. The minimum absolute atomic E-state index is 0.102. The molecule has 9 nitrogen and oxygen atoms in total. The molecule has 2 amide bonds. The zero-order valence-electron chi connectivity index (χ0n) is 21.3. The summed E-state index contributed by atoms with van der Waals surface area (Å²) >= 11 is 1.57. The number of sulfonamides is 1. The van der Waals surface area contributed by atoms with Crippen LogP contribution in [0.4, 0.5) is 0 Å². The summed E-state index contributed by atoms with van der Waals surface area (Å²) in [5, 5.41) is 10.5. The van der Waals surface area contributed by atoms with Crippen molar-refractivity contribution in [1.82, 2.24) is 14.2 Å². The fraction of sp³-hybridized carbons (Fsp3) is 0.538. The third-order valence-corrected chi connectivity index (χ3v) is 10.2. The van der Waals surface area contributed by atoms with Crippen molar-refractivity contribution >= 4 is 38.9 Å². The highest BCUT2D eigenvalue weighted by Crippen LogP contribution is 2.39. The highest BCUT2D eigenvalue weighted by atomic mass is 32.2. The zero-order valence-corrected chi connectivity index (χ0v) is 22.9. The van der Waals surface area contributed by atoms with Gasteiger partial charge in [-0.3, -0.25) is 9.59 Å². The van der Waals surface area contributed by atoms with Crippen molar-refractivity contribution in [3.8, 4) is 10.4 Å². The van der Waals surface area contributed by atoms with Crippen LogP contribution in [0, 0.1) is 6.92 Å². The molecule has 2 saturated heterocycles. The Morgan fingerprint density at radius 3 is 2.59 bits per heavy atom. The van der Waals surface area contributed by atoms with Crippen molar-refractivity contribution in [2.75, 3.05) is 19.3 Å². The van der Waals surface area contributed by atoms with E-state index >= 15 is 0 Å². The van der Waals surface area contributed by atoms with Gasteiger partial charge >= 0.3 is 0 Å². The molecule has 3 aliphatic rings. The van der Waals surface area contributed by atoms with Gasteiger partial charge in [0.25, 0.3) is 5.91 Å². The molecule has 0 bridgehead atoms. The molecule has 2 aromatic rings. The average Bonchev–Trinajstić information content (AvgIpc) is 3.55. The third-order valence-electron chi connectivity index (χ3n) is 7.89. The largest absolute Gasteiger partial charge is 0.391 e. The summed E-state index contributed by atoms with van der Waals surface area (Å²) in [5.74, 6) is -0.590. The average molecular weight is 545 g/mol. The van der Waals surface area contributed by atoms with Crippen LogP contribution in [0.2, 0.25) is 0 Å². The number of nitrogens with zero attached hydrogens (tertiary/aromatic N) is 4. The van der Waals surface area contributed by atoms with Crippen molar-refractivity contribution in [3.63, 3.8) is 0 Å². The predicted octanol–water partition coefficient (Wildman–Crippen LogP) is 2.52. The Morgan fingerprint density at radius 2 is 1.95 bits per heavy atom. The van der Waals surface area contributed by atoms with Gasteiger partial charge in [0.15, 0.2) is 0 Å². The number of amides is 2. The Morgan fingerprint density at radius 1 is 1.22 bits per heavy atom. The lowest BCUT2D eigenvalue weighted by Gasteiger charge is -2.36. The first-order valence-corrected chi connectivity index (χ1v) is 15.3. The van der Waals surface area contributed by atoms with Crippen LogP contribution in [-0.2, 0) is 25.0 Å². The molecule has 0 spiro atoms. The quantitative estimate of drug-likeness (QED) is 0.618. The fourth-order valence-electron chi connectivity index (χ4n) is 5.83. The van der Waals surface area contributed by atoms with E-state index in [1.165, 1.54) is 4.31 Å². The van der Waals surface area contributed by atoms with Gasteiger partial charge in [-0.05, 0) is 37.8 Å². The van der Waals surface area contributed by atoms with Crippen molar-refractivity contribution in [2.45, 2.75) is 69.6 Å². The van der Waals surface area contributed by atoms with E-state index < -0.39 is 33.6 Å². The molecule has 2 fully saturated rings. The summed E-state index contributed by atoms with van der Waals surface area (Å²) in [6.07, 6.45) is 2.91. The van der Waals surface area contributed by atoms with Gasteiger partial charge in [0.1, 0.15) is 6.04 Å². The summed E-state index contributed by atoms with van der Waals surface area (Å²) in [6.45, 7) is 4.24. The van der Waals surface area contributed by atoms with E-state index in [9.17, 15) is 23.1 Å². The van der Waals surface area contributed by atoms with Crippen LogP contribution in [0.1, 0.15) is 50.3 Å². The van der Waals surface area contributed by atoms with Crippen LogP contribution in [-0.4, -0.2) is 82.8 Å². The first-order valence-electron chi connectivity index (χ1n) is 12.6. The highest BCUT2D eigenvalue weighted by molar-refractivity contribution is 7.88. The van der Waals surface area contributed by atoms with E-state index in [0.29, 0.717) is 31.5 Å². The number of aliphatic imine (C=N–C) groups is 1. The molecule has 4 heterocycles. The Balaban J connectivity index is 1.38. The summed E-state index contributed by atoms with van der Waals surface area (Å²) < 4.78 is 26.0. The van der Waals surface area contributed by atoms with Crippen molar-refractivity contribution in [3.05, 3.63) is 41.0 Å². The van der Waals surface area contributed by atoms with Gasteiger partial charge in [-0.2, -0.15) is 4.31 Å². The second-order valence-corrected chi connectivity index (χ2v) is 13.3. The molecule has 1 N–H and O–H groups in total. The second kappa shape index (κ2) is 9.68. The molecule has 1 aromatic heterocycles. The maximum Gasteiger partial charge on any atom is 0.256 e. The van der Waals surface area contributed by atoms with Gasteiger partial charge in [0.05, 0.1) is 39.9 Å². The van der Waals surface area contributed by atoms with Crippen molar-refractivity contribution < 1.29 is 23.1 Å². The van der Waals surface area contributed by atoms with E-state index in [4.69, 9.17) is 0 Å². The smallest absolute Gasteiger partial charge is 0.256 e. The number of carbonyl (C=O) groups is 2. The molecule has 5 rings (SSSR count). The molecule has 4 atom stereocenters. The Kier molecular flexibility index (Phi) is 6.84. The summed E-state index contributed by atoms with van der Waals surface area (Å²) in [6, 6.07) is 6.56. The van der Waals surface area contributed by atoms with Crippen molar-refractivity contribution in [2.24, 2.45) is 4.99 Å². The van der Waals surface area contributed by atoms with E-state index in [0.717, 1.165) is 34.4 Å². The highest BCUT2D eigenvalue weighted by Gasteiger charge is 2.49. The Labute approximate surface area is 221 Å². The lowest BCUT2D eigenvalue weighted by Crippen LogP contribution is -2.54. The van der Waals surface area contributed by atoms with Crippen LogP contribution in [0.25, 0.3) is 10.4 Å². The molecular weight excluding hydrogens is 512 g/mol. The minimum atomic E-state index is -3.55. The molecule has 0 radical (unpaired) electrons. The monoisotopic (exact) mass is 544 g/mol. The van der Waals surface area contributed by atoms with Crippen molar-refractivity contribution in [1.29, 1.82) is 0 Å². The number of hydrogen-bond acceptors (Lipinski definition) is 7. The maximum atomic E-state index is 13.6. The van der Waals surface area contributed by atoms with Gasteiger partial charge < -0.3 is 10.0 Å². The normalized spacial score (nSPS) is 29.1. The topological polar surface area (TPSA) is 120 Å². The van der Waals surface area contributed by atoms with Crippen LogP contribution >= 0.6 is 11.3 Å². The summed E-state index contributed by atoms with van der Waals surface area (Å²) in [5.41, 5.74) is 4.35. The van der Waals surface area contributed by atoms with E-state index in [-0.39, 0.29) is 24.8 Å². The number of β-amino-alcohol motifs (C(OH)–C–C–N with tert-alkyl or cyclic N) is 1. The molecule has 11 heteroatoms. The van der Waals surface area contributed by atoms with E-state index in [2.05, 4.69) is 9.98 Å². The summed E-state index contributed by atoms with van der Waals surface area (Å²) in [4.78, 5) is 38.2. The van der Waals surface area contributed by atoms with E-state index in [1.807, 2.05) is 43.6 Å². The molecule has 37 heavy (non-hydrogen) atoms. The molecule has 0 aliphatic carbocycles. The number of benzene rings is 1. The number of aliphatic hydroxyl groups excluding tert-OH is 1. The number of carbonyl (C=O) groups excluding carboxylic acids is 2. The van der Waals surface area contributed by atoms with Gasteiger partial charge in [0, 0.05) is 31.6 Å². The summed E-state index contributed by atoms with van der Waals surface area (Å²) in [7, 11) is -3.55. The molecule has 1 aromatic carbocycles. The number of aromatic nitrogens is 1. The Hall–Kier alpha value is -2.47. The van der Waals surface area contributed by atoms with Crippen LogP contribution in [0.3, 0.4) is 0 Å². The molecular formula is C26H32N4O5S2. The first-order chi connectivity index (χ1) is 17.5. The first kappa shape index (κ1) is 26.1. The minimum Gasteiger partial charge on any atom is -0.391 e. The lowest BCUT2D eigenvalue weighted by molar-refractivity contribution is -0.136. The lowest BCUT2D eigenvalue weighted by atomic mass is 9.78. The molecule has 3 aliphatic heterocycles. The molecule has 198 valence electrons. The number of rotatable bonds is 5. The number of likely N-dealkylation sites (tertiary alicyclic amines) is 1. The number of piperidine rings is 1. The molecule has 0 saturated carbocycles. The van der Waals surface area contributed by atoms with Gasteiger partial charge in [-0.25, -0.2) is 18.4 Å². The number of aryl methyl sites for hydroxylation is 1. The van der Waals surface area contributed by atoms with Crippen LogP contribution in [0.15, 0.2) is 34.8 Å². The molecule has 1 unspecified atom stereocenters. The van der Waals surface area contributed by atoms with E-state index in [1.54, 1.807) is 16.2 Å². The fourth-order valence-corrected chi connectivity index (χ4v) is 7.76. The Bertz CT molecular complexity index is 1350. The standard InChI is InChI=1S/C26H32N4O5S2/c1-16-23(36-15-27-16)17-7-9-18(10-8-17)26(2)13-20(28-25(26)33)22-12-19(31)14-29(22)24(32)21-6-4-5-11-30(21)37(3,34)35/h7-10,15,19,21-22,31H,4-6,11-14H2,1-3H3/t19-,21+,22?,26+/m1/s1. The zero-order chi connectivity index (χ0) is 26.5. The second-order valence-electron chi connectivity index (χ2n) is 10.5.